The summed E-state index contributed by atoms with van der Waals surface area (Å²) < 4.78 is 0. The third-order valence-electron chi connectivity index (χ3n) is 6.02. The Hall–Kier alpha value is -2.22. The first-order valence-corrected chi connectivity index (χ1v) is 11.4. The summed E-state index contributed by atoms with van der Waals surface area (Å²) in [7, 11) is 0. The van der Waals surface area contributed by atoms with Gasteiger partial charge < -0.3 is 10.6 Å². The highest BCUT2D eigenvalue weighted by Crippen LogP contribution is 2.52. The molecule has 2 heterocycles. The number of likely N-dealkylation sites (tertiary alicyclic amines) is 1. The van der Waals surface area contributed by atoms with Crippen molar-refractivity contribution in [2.45, 2.75) is 33.1 Å². The summed E-state index contributed by atoms with van der Waals surface area (Å²) in [5, 5.41) is 7.68. The van der Waals surface area contributed by atoms with Crippen LogP contribution in [0, 0.1) is 30.6 Å². The van der Waals surface area contributed by atoms with Crippen molar-refractivity contribution in [3.8, 4) is 0 Å². The topological polar surface area (TPSA) is 86.7 Å². The molecular weight excluding hydrogens is 386 g/mol. The maximum Gasteiger partial charge on any atom is 0.233 e. The van der Waals surface area contributed by atoms with Crippen LogP contribution in [-0.4, -0.2) is 53.8 Å². The van der Waals surface area contributed by atoms with E-state index in [0.717, 1.165) is 36.9 Å². The third-order valence-corrected chi connectivity index (χ3v) is 6.99. The molecule has 1 saturated carbocycles. The summed E-state index contributed by atoms with van der Waals surface area (Å²) in [5.41, 5.74) is 0. The molecule has 8 heteroatoms. The number of rotatable bonds is 8. The molecule has 1 aromatic heterocycles. The third kappa shape index (κ3) is 4.08. The van der Waals surface area contributed by atoms with Crippen molar-refractivity contribution in [1.82, 2.24) is 20.5 Å². The second kappa shape index (κ2) is 8.65. The number of aromatic nitrogens is 1. The maximum absolute atomic E-state index is 12.7. The van der Waals surface area contributed by atoms with Crippen LogP contribution in [-0.2, 0) is 16.0 Å². The van der Waals surface area contributed by atoms with Crippen LogP contribution in [0.3, 0.4) is 0 Å². The molecule has 2 bridgehead atoms. The number of carbonyl (C=O) groups excluding carboxylic acids is 2. The molecule has 7 nitrogen and oxygen atoms in total. The molecule has 4 rings (SSSR count). The first kappa shape index (κ1) is 20.1. The van der Waals surface area contributed by atoms with Crippen LogP contribution in [0.1, 0.15) is 29.7 Å². The lowest BCUT2D eigenvalue weighted by molar-refractivity contribution is -0.140. The predicted molar refractivity (Wildman–Crippen MR) is 114 cm³/mol. The monoisotopic (exact) mass is 415 g/mol. The number of amides is 2. The molecule has 0 radical (unpaired) electrons. The molecule has 156 valence electrons. The van der Waals surface area contributed by atoms with Crippen LogP contribution < -0.4 is 10.6 Å². The minimum atomic E-state index is -0.102. The Morgan fingerprint density at radius 3 is 2.59 bits per heavy atom. The van der Waals surface area contributed by atoms with Crippen molar-refractivity contribution in [2.24, 2.45) is 28.7 Å². The average molecular weight is 416 g/mol. The molecule has 0 spiro atoms. The molecule has 2 aliphatic carbocycles. The number of imide groups is 1. The van der Waals surface area contributed by atoms with Crippen molar-refractivity contribution < 1.29 is 9.59 Å². The quantitative estimate of drug-likeness (QED) is 0.222. The van der Waals surface area contributed by atoms with E-state index in [4.69, 9.17) is 0 Å². The zero-order chi connectivity index (χ0) is 20.4. The van der Waals surface area contributed by atoms with Gasteiger partial charge in [0.1, 0.15) is 0 Å². The minimum Gasteiger partial charge on any atom is -0.357 e. The number of aryl methyl sites for hydroxylation is 1. The lowest BCUT2D eigenvalue weighted by atomic mass is 9.85. The van der Waals surface area contributed by atoms with Crippen LogP contribution >= 0.6 is 11.3 Å². The molecular formula is C21H29N5O2S. The van der Waals surface area contributed by atoms with Gasteiger partial charge in [-0.3, -0.25) is 19.5 Å². The zero-order valence-corrected chi connectivity index (χ0v) is 17.9. The van der Waals surface area contributed by atoms with E-state index in [1.54, 1.807) is 11.3 Å². The highest BCUT2D eigenvalue weighted by molar-refractivity contribution is 7.11. The smallest absolute Gasteiger partial charge is 0.233 e. The number of nitrogens with zero attached hydrogens (tertiary/aromatic N) is 3. The van der Waals surface area contributed by atoms with E-state index in [0.29, 0.717) is 19.5 Å². The van der Waals surface area contributed by atoms with Gasteiger partial charge in [-0.25, -0.2) is 4.98 Å². The SMILES string of the molecule is CCNC(=NCCCN1C(=O)C2C3C=CC(C3)C2C1=O)NCCc1ncc(C)s1. The predicted octanol–water partition coefficient (Wildman–Crippen LogP) is 1.75. The van der Waals surface area contributed by atoms with Crippen LogP contribution in [0.15, 0.2) is 23.3 Å². The fourth-order valence-corrected chi connectivity index (χ4v) is 5.54. The number of hydrogen-bond donors (Lipinski definition) is 2. The van der Waals surface area contributed by atoms with E-state index >= 15 is 0 Å². The molecule has 3 aliphatic rings. The van der Waals surface area contributed by atoms with Crippen LogP contribution in [0.2, 0.25) is 0 Å². The Bertz CT molecular complexity index is 803. The number of carbonyl (C=O) groups is 2. The zero-order valence-electron chi connectivity index (χ0n) is 17.1. The Balaban J connectivity index is 1.24. The van der Waals surface area contributed by atoms with Crippen molar-refractivity contribution in [1.29, 1.82) is 0 Å². The highest BCUT2D eigenvalue weighted by Gasteiger charge is 2.58. The Morgan fingerprint density at radius 2 is 1.97 bits per heavy atom. The number of hydrogen-bond acceptors (Lipinski definition) is 5. The van der Waals surface area contributed by atoms with Gasteiger partial charge in [0.25, 0.3) is 0 Å². The largest absolute Gasteiger partial charge is 0.357 e. The molecule has 4 atom stereocenters. The van der Waals surface area contributed by atoms with Gasteiger partial charge >= 0.3 is 0 Å². The Morgan fingerprint density at radius 1 is 1.24 bits per heavy atom. The molecule has 4 unspecified atom stereocenters. The van der Waals surface area contributed by atoms with E-state index in [1.807, 2.05) is 13.1 Å². The van der Waals surface area contributed by atoms with Gasteiger partial charge in [0, 0.05) is 43.7 Å². The lowest BCUT2D eigenvalue weighted by Gasteiger charge is -2.16. The van der Waals surface area contributed by atoms with Gasteiger partial charge in [-0.2, -0.15) is 0 Å². The molecule has 1 aliphatic heterocycles. The van der Waals surface area contributed by atoms with Gasteiger partial charge in [0.2, 0.25) is 11.8 Å². The van der Waals surface area contributed by atoms with Crippen molar-refractivity contribution >= 4 is 29.1 Å². The number of allylic oxidation sites excluding steroid dienone is 2. The maximum atomic E-state index is 12.7. The molecule has 1 saturated heterocycles. The van der Waals surface area contributed by atoms with Crippen LogP contribution in [0.5, 0.6) is 0 Å². The number of guanidine groups is 1. The number of aliphatic imine (C=N–C) groups is 1. The van der Waals surface area contributed by atoms with Crippen LogP contribution in [0.25, 0.3) is 0 Å². The molecule has 2 fully saturated rings. The number of thiazole rings is 1. The van der Waals surface area contributed by atoms with E-state index in [2.05, 4.69) is 39.7 Å². The van der Waals surface area contributed by atoms with Crippen molar-refractivity contribution in [2.75, 3.05) is 26.2 Å². The summed E-state index contributed by atoms with van der Waals surface area (Å²) in [6.07, 6.45) is 8.68. The van der Waals surface area contributed by atoms with E-state index in [1.165, 1.54) is 9.78 Å². The van der Waals surface area contributed by atoms with Crippen LogP contribution in [0.4, 0.5) is 0 Å². The highest BCUT2D eigenvalue weighted by atomic mass is 32.1. The number of nitrogens with one attached hydrogen (secondary N) is 2. The summed E-state index contributed by atoms with van der Waals surface area (Å²) in [5.74, 6) is 1.17. The molecule has 2 amide bonds. The van der Waals surface area contributed by atoms with E-state index in [9.17, 15) is 9.59 Å². The average Bonchev–Trinajstić information content (AvgIpc) is 3.46. The van der Waals surface area contributed by atoms with Crippen molar-refractivity contribution in [3.05, 3.63) is 28.2 Å². The lowest BCUT2D eigenvalue weighted by Crippen LogP contribution is -2.38. The van der Waals surface area contributed by atoms with Gasteiger partial charge in [-0.1, -0.05) is 12.2 Å². The first-order chi connectivity index (χ1) is 14.1. The van der Waals surface area contributed by atoms with Crippen molar-refractivity contribution in [3.63, 3.8) is 0 Å². The summed E-state index contributed by atoms with van der Waals surface area (Å²) >= 11 is 1.72. The van der Waals surface area contributed by atoms with E-state index < -0.39 is 0 Å². The molecule has 0 aromatic carbocycles. The Kier molecular flexibility index (Phi) is 5.99. The number of fused-ring (bicyclic) bond motifs is 5. The van der Waals surface area contributed by atoms with Gasteiger partial charge in [0.15, 0.2) is 5.96 Å². The molecule has 1 aromatic rings. The molecule has 29 heavy (non-hydrogen) atoms. The summed E-state index contributed by atoms with van der Waals surface area (Å²) in [4.78, 5) is 37.1. The normalized spacial score (nSPS) is 27.8. The van der Waals surface area contributed by atoms with Gasteiger partial charge in [-0.05, 0) is 38.5 Å². The Labute approximate surface area is 175 Å². The molecule has 2 N–H and O–H groups in total. The standard InChI is InChI=1S/C21H29N5O2S/c1-3-22-21(24-9-7-16-25-12-13(2)29-16)23-8-4-10-26-19(27)17-14-5-6-15(11-14)18(17)20(26)28/h5-6,12,14-15,17-18H,3-4,7-11H2,1-2H3,(H2,22,23,24). The second-order valence-electron chi connectivity index (χ2n) is 7.98. The first-order valence-electron chi connectivity index (χ1n) is 10.6. The van der Waals surface area contributed by atoms with Gasteiger partial charge in [-0.15, -0.1) is 11.3 Å². The second-order valence-corrected chi connectivity index (χ2v) is 9.30. The van der Waals surface area contributed by atoms with E-state index in [-0.39, 0.29) is 35.5 Å². The minimum absolute atomic E-state index is 0.0320. The fraction of sp³-hybridized carbons (Fsp3) is 0.619. The fourth-order valence-electron chi connectivity index (χ4n) is 4.75. The summed E-state index contributed by atoms with van der Waals surface area (Å²) in [6.45, 7) is 6.68. The summed E-state index contributed by atoms with van der Waals surface area (Å²) in [6, 6.07) is 0. The van der Waals surface area contributed by atoms with Gasteiger partial charge in [0.05, 0.1) is 16.8 Å².